The van der Waals surface area contributed by atoms with Crippen LogP contribution in [0.2, 0.25) is 0 Å². The van der Waals surface area contributed by atoms with Crippen LogP contribution in [0, 0.1) is 12.8 Å². The first-order valence-electron chi connectivity index (χ1n) is 6.97. The van der Waals surface area contributed by atoms with Crippen LogP contribution in [-0.2, 0) is 4.74 Å². The highest BCUT2D eigenvalue weighted by atomic mass is 35.5. The number of benzene rings is 2. The van der Waals surface area contributed by atoms with Crippen LogP contribution in [-0.4, -0.2) is 13.2 Å². The van der Waals surface area contributed by atoms with Gasteiger partial charge in [0, 0.05) is 13.2 Å². The second-order valence-corrected chi connectivity index (χ2v) is 5.84. The third-order valence-electron chi connectivity index (χ3n) is 4.15. The lowest BCUT2D eigenvalue weighted by Crippen LogP contribution is -2.19. The Balaban J connectivity index is 2.02. The number of alkyl halides is 1. The van der Waals surface area contributed by atoms with Gasteiger partial charge in [-0.3, -0.25) is 0 Å². The van der Waals surface area contributed by atoms with E-state index in [-0.39, 0.29) is 5.38 Å². The van der Waals surface area contributed by atoms with Crippen molar-refractivity contribution in [3.05, 3.63) is 47.5 Å². The molecule has 1 unspecified atom stereocenters. The molecule has 1 nitrogen and oxygen atoms in total. The molecule has 1 aliphatic rings. The van der Waals surface area contributed by atoms with E-state index in [1.54, 1.807) is 0 Å². The van der Waals surface area contributed by atoms with Gasteiger partial charge >= 0.3 is 0 Å². The van der Waals surface area contributed by atoms with Gasteiger partial charge in [-0.2, -0.15) is 0 Å². The fourth-order valence-electron chi connectivity index (χ4n) is 2.98. The van der Waals surface area contributed by atoms with E-state index in [1.165, 1.54) is 21.9 Å². The highest BCUT2D eigenvalue weighted by Gasteiger charge is 2.24. The molecule has 19 heavy (non-hydrogen) atoms. The van der Waals surface area contributed by atoms with Crippen molar-refractivity contribution in [3.63, 3.8) is 0 Å². The van der Waals surface area contributed by atoms with Crippen molar-refractivity contribution >= 4 is 22.4 Å². The molecule has 0 radical (unpaired) electrons. The van der Waals surface area contributed by atoms with E-state index in [0.717, 1.165) is 26.1 Å². The molecule has 2 aromatic rings. The zero-order chi connectivity index (χ0) is 13.2. The Morgan fingerprint density at radius 1 is 1.05 bits per heavy atom. The summed E-state index contributed by atoms with van der Waals surface area (Å²) < 4.78 is 5.43. The summed E-state index contributed by atoms with van der Waals surface area (Å²) in [6, 6.07) is 12.9. The third-order valence-corrected chi connectivity index (χ3v) is 4.74. The summed E-state index contributed by atoms with van der Waals surface area (Å²) in [5.74, 6) is 0.529. The van der Waals surface area contributed by atoms with E-state index in [4.69, 9.17) is 16.3 Å². The van der Waals surface area contributed by atoms with Gasteiger partial charge in [0.25, 0.3) is 0 Å². The minimum Gasteiger partial charge on any atom is -0.381 e. The minimum absolute atomic E-state index is 0.0920. The summed E-state index contributed by atoms with van der Waals surface area (Å²) in [5.41, 5.74) is 2.59. The fourth-order valence-corrected chi connectivity index (χ4v) is 3.42. The van der Waals surface area contributed by atoms with Crippen LogP contribution in [0.1, 0.15) is 29.3 Å². The smallest absolute Gasteiger partial charge is 0.0621 e. The predicted octanol–water partition coefficient (Wildman–Crippen LogP) is 4.85. The van der Waals surface area contributed by atoms with Crippen LogP contribution in [0.25, 0.3) is 10.8 Å². The summed E-state index contributed by atoms with van der Waals surface area (Å²) >= 11 is 6.76. The van der Waals surface area contributed by atoms with Crippen LogP contribution in [0.4, 0.5) is 0 Å². The molecule has 0 amide bonds. The maximum absolute atomic E-state index is 6.76. The number of fused-ring (bicyclic) bond motifs is 1. The summed E-state index contributed by atoms with van der Waals surface area (Å²) in [7, 11) is 0. The predicted molar refractivity (Wildman–Crippen MR) is 80.8 cm³/mol. The quantitative estimate of drug-likeness (QED) is 0.711. The Hall–Kier alpha value is -1.05. The zero-order valence-electron chi connectivity index (χ0n) is 11.2. The summed E-state index contributed by atoms with van der Waals surface area (Å²) in [6.45, 7) is 3.85. The molecule has 1 atom stereocenters. The van der Waals surface area contributed by atoms with Gasteiger partial charge in [0.2, 0.25) is 0 Å². The van der Waals surface area contributed by atoms with E-state index in [0.29, 0.717) is 5.92 Å². The first-order valence-corrected chi connectivity index (χ1v) is 7.41. The average Bonchev–Trinajstić information content (AvgIpc) is 2.48. The maximum atomic E-state index is 6.76. The highest BCUT2D eigenvalue weighted by molar-refractivity contribution is 6.22. The molecule has 0 aromatic heterocycles. The zero-order valence-corrected chi connectivity index (χ0v) is 12.0. The van der Waals surface area contributed by atoms with E-state index in [1.807, 2.05) is 0 Å². The van der Waals surface area contributed by atoms with Crippen LogP contribution >= 0.6 is 11.6 Å². The van der Waals surface area contributed by atoms with Gasteiger partial charge in [-0.25, -0.2) is 0 Å². The van der Waals surface area contributed by atoms with E-state index >= 15 is 0 Å². The lowest BCUT2D eigenvalue weighted by Gasteiger charge is -2.27. The van der Waals surface area contributed by atoms with Crippen molar-refractivity contribution in [1.82, 2.24) is 0 Å². The lowest BCUT2D eigenvalue weighted by molar-refractivity contribution is 0.0651. The third kappa shape index (κ3) is 2.50. The minimum atomic E-state index is 0.0920. The van der Waals surface area contributed by atoms with Crippen LogP contribution in [0.15, 0.2) is 36.4 Å². The van der Waals surface area contributed by atoms with Gasteiger partial charge in [-0.05, 0) is 47.6 Å². The number of aryl methyl sites for hydroxylation is 1. The Morgan fingerprint density at radius 3 is 2.47 bits per heavy atom. The number of hydrogen-bond acceptors (Lipinski definition) is 1. The molecule has 2 aromatic carbocycles. The van der Waals surface area contributed by atoms with E-state index < -0.39 is 0 Å². The average molecular weight is 275 g/mol. The molecular formula is C17H19ClO. The molecule has 2 heteroatoms. The van der Waals surface area contributed by atoms with Gasteiger partial charge in [-0.15, -0.1) is 11.6 Å². The van der Waals surface area contributed by atoms with Crippen LogP contribution in [0.5, 0.6) is 0 Å². The molecule has 100 valence electrons. The molecule has 0 spiro atoms. The Bertz CT molecular complexity index is 572. The molecule has 0 bridgehead atoms. The van der Waals surface area contributed by atoms with E-state index in [2.05, 4.69) is 43.3 Å². The molecule has 0 aliphatic carbocycles. The fraction of sp³-hybridized carbons (Fsp3) is 0.412. The molecule has 1 fully saturated rings. The second kappa shape index (κ2) is 5.52. The summed E-state index contributed by atoms with van der Waals surface area (Å²) in [5, 5.41) is 2.71. The van der Waals surface area contributed by atoms with Gasteiger partial charge < -0.3 is 4.74 Å². The molecule has 1 heterocycles. The number of rotatable bonds is 2. The second-order valence-electron chi connectivity index (χ2n) is 5.37. The molecule has 0 N–H and O–H groups in total. The van der Waals surface area contributed by atoms with Gasteiger partial charge in [-0.1, -0.05) is 36.4 Å². The summed E-state index contributed by atoms with van der Waals surface area (Å²) in [4.78, 5) is 0. The largest absolute Gasteiger partial charge is 0.381 e. The SMILES string of the molecule is Cc1ccc(C(Cl)C2CCOCC2)c2ccccc12. The van der Waals surface area contributed by atoms with Gasteiger partial charge in [0.05, 0.1) is 5.38 Å². The molecule has 1 aliphatic heterocycles. The number of hydrogen-bond donors (Lipinski definition) is 0. The monoisotopic (exact) mass is 274 g/mol. The Kier molecular flexibility index (Phi) is 3.76. The number of halogens is 1. The standard InChI is InChI=1S/C17H19ClO/c1-12-6-7-16(15-5-3-2-4-14(12)15)17(18)13-8-10-19-11-9-13/h2-7,13,17H,8-11H2,1H3. The first kappa shape index (κ1) is 13.0. The molecular weight excluding hydrogens is 256 g/mol. The van der Waals surface area contributed by atoms with Crippen molar-refractivity contribution in [2.75, 3.05) is 13.2 Å². The number of ether oxygens (including phenoxy) is 1. The van der Waals surface area contributed by atoms with Crippen LogP contribution < -0.4 is 0 Å². The van der Waals surface area contributed by atoms with E-state index in [9.17, 15) is 0 Å². The van der Waals surface area contributed by atoms with Crippen molar-refractivity contribution in [2.45, 2.75) is 25.1 Å². The Labute approximate surface area is 119 Å². The highest BCUT2D eigenvalue weighted by Crippen LogP contribution is 2.39. The van der Waals surface area contributed by atoms with Crippen molar-refractivity contribution in [2.24, 2.45) is 5.92 Å². The van der Waals surface area contributed by atoms with Gasteiger partial charge in [0.15, 0.2) is 0 Å². The first-order chi connectivity index (χ1) is 9.27. The van der Waals surface area contributed by atoms with Crippen LogP contribution in [0.3, 0.4) is 0 Å². The summed E-state index contributed by atoms with van der Waals surface area (Å²) in [6.07, 6.45) is 2.13. The Morgan fingerprint density at radius 2 is 1.74 bits per heavy atom. The van der Waals surface area contributed by atoms with Crippen molar-refractivity contribution < 1.29 is 4.74 Å². The van der Waals surface area contributed by atoms with Crippen molar-refractivity contribution in [3.8, 4) is 0 Å². The maximum Gasteiger partial charge on any atom is 0.0621 e. The molecule has 1 saturated heterocycles. The van der Waals surface area contributed by atoms with Crippen molar-refractivity contribution in [1.29, 1.82) is 0 Å². The topological polar surface area (TPSA) is 9.23 Å². The normalized spacial score (nSPS) is 18.6. The lowest BCUT2D eigenvalue weighted by atomic mass is 9.88. The van der Waals surface area contributed by atoms with Gasteiger partial charge in [0.1, 0.15) is 0 Å². The molecule has 0 saturated carbocycles. The molecule has 3 rings (SSSR count).